The quantitative estimate of drug-likeness (QED) is 0.0420. The first-order valence-corrected chi connectivity index (χ1v) is 38.3. The molecule has 111 heavy (non-hydrogen) atoms. The molecule has 0 radical (unpaired) electrons. The van der Waals surface area contributed by atoms with Crippen molar-refractivity contribution in [3.63, 3.8) is 0 Å². The molecule has 0 unspecified atom stereocenters. The number of benzene rings is 4. The van der Waals surface area contributed by atoms with Crippen LogP contribution in [0.2, 0.25) is 0 Å². The molecule has 5 amide bonds. The van der Waals surface area contributed by atoms with Crippen LogP contribution in [0, 0.1) is 23.5 Å². The Morgan fingerprint density at radius 3 is 1.52 bits per heavy atom. The number of aromatic nitrogens is 4. The van der Waals surface area contributed by atoms with E-state index in [2.05, 4.69) is 44.2 Å². The zero-order chi connectivity index (χ0) is 78.4. The number of pyridine rings is 4. The lowest BCUT2D eigenvalue weighted by molar-refractivity contribution is -0.128. The number of ketones is 1. The van der Waals surface area contributed by atoms with E-state index in [9.17, 15) is 38.4 Å². The van der Waals surface area contributed by atoms with Crippen LogP contribution < -0.4 is 50.5 Å². The number of hydrogen-bond donors (Lipinski definition) is 3. The summed E-state index contributed by atoms with van der Waals surface area (Å²) in [5, 5.41) is 16.9. The van der Waals surface area contributed by atoms with Gasteiger partial charge in [0, 0.05) is 145 Å². The molecule has 6 saturated heterocycles. The third kappa shape index (κ3) is 19.2. The van der Waals surface area contributed by atoms with E-state index < -0.39 is 48.2 Å². The van der Waals surface area contributed by atoms with E-state index in [1.807, 2.05) is 4.90 Å². The second-order valence-corrected chi connectivity index (χ2v) is 29.1. The molecule has 8 aromatic rings. The molecule has 24 nitrogen and oxygen atoms in total. The molecule has 0 bridgehead atoms. The zero-order valence-corrected chi connectivity index (χ0v) is 63.0. The van der Waals surface area contributed by atoms with Crippen LogP contribution in [0.25, 0.3) is 43.8 Å². The fraction of sp³-hybridized carbons (Fsp3) is 0.446. The highest BCUT2D eigenvalue weighted by molar-refractivity contribution is 6.10. The van der Waals surface area contributed by atoms with Crippen LogP contribution in [0.1, 0.15) is 118 Å². The number of Topliss-reactive ketones (excluding diaryl/α,β-unsaturated/α-hetero) is 1. The monoisotopic (exact) mass is 1530 g/mol. The number of ether oxygens (including phenoxy) is 4. The number of imide groups is 1. The van der Waals surface area contributed by atoms with Gasteiger partial charge in [0.05, 0.1) is 48.4 Å². The van der Waals surface area contributed by atoms with Gasteiger partial charge >= 0.3 is 12.0 Å². The molecule has 28 heteroatoms. The van der Waals surface area contributed by atoms with Gasteiger partial charge in [0.25, 0.3) is 17.0 Å². The van der Waals surface area contributed by atoms with Crippen molar-refractivity contribution in [1.29, 1.82) is 0 Å². The minimum Gasteiger partial charge on any atom is -0.495 e. The van der Waals surface area contributed by atoms with Gasteiger partial charge in [0.1, 0.15) is 41.8 Å². The largest absolute Gasteiger partial charge is 0.495 e. The molecule has 6 aliphatic rings. The Bertz CT molecular complexity index is 4840. The summed E-state index contributed by atoms with van der Waals surface area (Å²) in [6.07, 6.45) is 14.6. The molecular formula is C83H95F4N11O13. The highest BCUT2D eigenvalue weighted by Gasteiger charge is 2.37. The molecule has 4 aromatic carbocycles. The minimum atomic E-state index is -1.30. The average Bonchev–Trinajstić information content (AvgIpc) is 0.774. The van der Waals surface area contributed by atoms with E-state index in [1.165, 1.54) is 60.4 Å². The van der Waals surface area contributed by atoms with Gasteiger partial charge in [-0.25, -0.2) is 27.2 Å². The Morgan fingerprint density at radius 2 is 1.05 bits per heavy atom. The molecule has 0 spiro atoms. The first kappa shape index (κ1) is 80.0. The number of methoxy groups -OCH3 is 2. The number of alkyl halides is 2. The SMILES string of the molecule is CCCCn1cc(-c2ccc(O[C@@H]3CCN(CC4CCN(C(=O)c5ccc(OC)c(N6CCC(=O)CC6=O)c5)CC4)C[C@H]3F)c(F)c2)c2ccncc2c1=O.CCCCn1cc(-c2ccc(O[C@@H]3CCN(CC4CCNCC4)C[C@H]3F)c(F)c2)c2ccncc2c1=O.COc1ccc(C(=O)O)cc1N1CCC(=O)NC1=O. The number of carboxylic acids is 1. The van der Waals surface area contributed by atoms with Gasteiger partial charge in [-0.1, -0.05) is 38.8 Å². The number of carboxylic acid groups (broad SMARTS) is 1. The number of halogens is 4. The number of urea groups is 1. The molecule has 3 N–H and O–H groups in total. The summed E-state index contributed by atoms with van der Waals surface area (Å²) >= 11 is 0. The van der Waals surface area contributed by atoms with E-state index in [0.29, 0.717) is 126 Å². The van der Waals surface area contributed by atoms with E-state index >= 15 is 17.6 Å². The van der Waals surface area contributed by atoms with Gasteiger partial charge < -0.3 is 48.3 Å². The van der Waals surface area contributed by atoms with E-state index in [0.717, 1.165) is 88.5 Å². The second-order valence-electron chi connectivity index (χ2n) is 29.1. The zero-order valence-electron chi connectivity index (χ0n) is 63.0. The predicted molar refractivity (Wildman–Crippen MR) is 413 cm³/mol. The summed E-state index contributed by atoms with van der Waals surface area (Å²) in [6.45, 7) is 12.4. The lowest BCUT2D eigenvalue weighted by atomic mass is 9.94. The van der Waals surface area contributed by atoms with Gasteiger partial charge in [0.2, 0.25) is 11.8 Å². The minimum absolute atomic E-state index is 0.00576. The molecule has 0 aliphatic carbocycles. The molecule has 14 rings (SSSR count). The number of hydrogen-bond acceptors (Lipinski definition) is 17. The molecule has 588 valence electrons. The number of carbonyl (C=O) groups excluding carboxylic acids is 5. The second kappa shape index (κ2) is 37.0. The number of likely N-dealkylation sites (tertiary alicyclic amines) is 3. The van der Waals surface area contributed by atoms with Gasteiger partial charge in [-0.2, -0.15) is 0 Å². The van der Waals surface area contributed by atoms with Gasteiger partial charge in [0.15, 0.2) is 23.1 Å². The standard InChI is InChI=1S/C42H47F2N5O6.C29H36F2N4O2.C12H12N2O5/c1-3-4-15-48-25-33(31-9-14-45-23-32(31)42(48)53)28-5-7-37(34(43)20-28)55-38-13-16-46(26-35(38)44)24-27-10-17-47(18-11-27)41(52)29-6-8-39(54-2)36(21-29)49-19-12-30(50)22-40(49)51;1-2-3-13-35-18-24(22-8-12-33-16-23(22)29(35)36)21-4-5-27(25(30)15-21)37-28-9-14-34(19-26(28)31)17-20-6-10-32-11-7-20;1-19-9-3-2-7(11(16)17)6-8(9)14-5-4-10(15)13-12(14)18/h5-9,14,20-21,23,25,27,35,38H,3-4,10-13,15-19,22,24,26H2,1-2H3;4-5,8,12,15-16,18,20,26,28,32H,2-3,6-7,9-11,13-14,17,19H2,1H3;2-3,6H,4-5H2,1H3,(H,16,17)(H,13,15,18)/t35-,38-;26-,28-;/m11./s1. The summed E-state index contributed by atoms with van der Waals surface area (Å²) in [5.74, 6) is -1.32. The summed E-state index contributed by atoms with van der Waals surface area (Å²) in [7, 11) is 2.93. The summed E-state index contributed by atoms with van der Waals surface area (Å²) in [4.78, 5) is 115. The number of anilines is 2. The lowest BCUT2D eigenvalue weighted by Gasteiger charge is -2.39. The first-order chi connectivity index (χ1) is 53.7. The van der Waals surface area contributed by atoms with Crippen LogP contribution in [-0.2, 0) is 27.5 Å². The van der Waals surface area contributed by atoms with Gasteiger partial charge in [-0.3, -0.25) is 58.8 Å². The summed E-state index contributed by atoms with van der Waals surface area (Å²) in [5.41, 5.74) is 3.78. The van der Waals surface area contributed by atoms with Gasteiger partial charge in [-0.15, -0.1) is 0 Å². The molecule has 10 heterocycles. The maximum atomic E-state index is 15.6. The van der Waals surface area contributed by atoms with E-state index in [1.54, 1.807) is 94.8 Å². The molecule has 6 aliphatic heterocycles. The Balaban J connectivity index is 0.000000175. The van der Waals surface area contributed by atoms with Crippen LogP contribution in [0.4, 0.5) is 33.7 Å². The van der Waals surface area contributed by atoms with E-state index in [4.69, 9.17) is 24.1 Å². The number of amides is 5. The Labute approximate surface area is 640 Å². The number of aromatic carboxylic acids is 1. The Hall–Kier alpha value is -10.6. The highest BCUT2D eigenvalue weighted by Crippen LogP contribution is 2.38. The maximum Gasteiger partial charge on any atom is 0.335 e. The van der Waals surface area contributed by atoms with Crippen molar-refractivity contribution < 1.29 is 70.4 Å². The van der Waals surface area contributed by atoms with Gasteiger partial charge in [-0.05, 0) is 171 Å². The van der Waals surface area contributed by atoms with Crippen molar-refractivity contribution in [3.05, 3.63) is 166 Å². The third-order valence-electron chi connectivity index (χ3n) is 21.6. The van der Waals surface area contributed by atoms with Crippen LogP contribution in [0.15, 0.2) is 132 Å². The third-order valence-corrected chi connectivity index (χ3v) is 21.6. The maximum absolute atomic E-state index is 15.6. The van der Waals surface area contributed by atoms with Crippen LogP contribution in [-0.4, -0.2) is 192 Å². The molecule has 4 aromatic heterocycles. The fourth-order valence-corrected chi connectivity index (χ4v) is 15.4. The molecule has 4 atom stereocenters. The molecule has 0 saturated carbocycles. The average molecular weight is 1530 g/mol. The van der Waals surface area contributed by atoms with Crippen molar-refractivity contribution in [1.82, 2.24) is 44.4 Å². The smallest absolute Gasteiger partial charge is 0.335 e. The molecule has 6 fully saturated rings. The Kier molecular flexibility index (Phi) is 26.6. The topological polar surface area (TPSA) is 270 Å². The van der Waals surface area contributed by atoms with E-state index in [-0.39, 0.29) is 96.5 Å². The normalized spacial score (nSPS) is 19.6. The summed E-state index contributed by atoms with van der Waals surface area (Å²) < 4.78 is 87.1. The number of piperidine rings is 5. The van der Waals surface area contributed by atoms with Crippen LogP contribution >= 0.6 is 0 Å². The first-order valence-electron chi connectivity index (χ1n) is 38.3. The number of aryl methyl sites for hydroxylation is 2. The van der Waals surface area contributed by atoms with Crippen molar-refractivity contribution in [2.24, 2.45) is 11.8 Å². The number of rotatable bonds is 22. The van der Waals surface area contributed by atoms with Crippen molar-refractivity contribution in [2.75, 3.05) is 103 Å². The lowest BCUT2D eigenvalue weighted by Crippen LogP contribution is -2.49. The van der Waals surface area contributed by atoms with Crippen molar-refractivity contribution >= 4 is 68.4 Å². The highest BCUT2D eigenvalue weighted by atomic mass is 19.1. The van der Waals surface area contributed by atoms with Crippen LogP contribution in [0.3, 0.4) is 0 Å². The number of nitrogens with zero attached hydrogens (tertiary/aromatic N) is 9. The number of fused-ring (bicyclic) bond motifs is 2. The number of nitrogens with one attached hydrogen (secondary N) is 2. The summed E-state index contributed by atoms with van der Waals surface area (Å²) in [6, 6.07) is 21.6. The number of unbranched alkanes of at least 4 members (excludes halogenated alkanes) is 2. The number of carbonyl (C=O) groups is 6. The molecular weight excluding hydrogens is 1430 g/mol. The van der Waals surface area contributed by atoms with Crippen molar-refractivity contribution in [3.8, 4) is 45.3 Å². The fourth-order valence-electron chi connectivity index (χ4n) is 15.4. The van der Waals surface area contributed by atoms with Crippen LogP contribution in [0.5, 0.6) is 23.0 Å². The van der Waals surface area contributed by atoms with Crippen molar-refractivity contribution in [2.45, 2.75) is 135 Å². The predicted octanol–water partition coefficient (Wildman–Crippen LogP) is 11.7. The Morgan fingerprint density at radius 1 is 0.559 bits per heavy atom.